The number of aryl methyl sites for hydroxylation is 2. The molecule has 0 heterocycles. The first-order chi connectivity index (χ1) is 12.8. The van der Waals surface area contributed by atoms with E-state index in [2.05, 4.69) is 5.32 Å². The highest BCUT2D eigenvalue weighted by molar-refractivity contribution is 6.00. The van der Waals surface area contributed by atoms with Crippen molar-refractivity contribution in [1.82, 2.24) is 4.90 Å². The molecule has 0 aliphatic carbocycles. The number of likely N-dealkylation sites (N-methyl/N-ethyl adjacent to an activating group) is 1. The molecular formula is C21H26N2O4. The smallest absolute Gasteiger partial charge is 0.254 e. The number of para-hydroxylation sites is 1. The van der Waals surface area contributed by atoms with Gasteiger partial charge in [-0.1, -0.05) is 18.2 Å². The van der Waals surface area contributed by atoms with Gasteiger partial charge in [0, 0.05) is 23.9 Å². The largest absolute Gasteiger partial charge is 0.496 e. The number of hydrogen-bond acceptors (Lipinski definition) is 4. The Morgan fingerprint density at radius 3 is 2.00 bits per heavy atom. The van der Waals surface area contributed by atoms with Crippen LogP contribution in [0.25, 0.3) is 0 Å². The number of carbonyl (C=O) groups is 2. The fraction of sp³-hybridized carbons (Fsp3) is 0.333. The Bertz CT molecular complexity index is 816. The third-order valence-electron chi connectivity index (χ3n) is 4.47. The summed E-state index contributed by atoms with van der Waals surface area (Å²) < 4.78 is 10.6. The third kappa shape index (κ3) is 4.58. The molecule has 0 bridgehead atoms. The summed E-state index contributed by atoms with van der Waals surface area (Å²) >= 11 is 0. The standard InChI is InChI=1S/C21H26N2O4/c1-13-8-7-9-14(2)20(13)22-19(24)12-23(4)21(25)16-10-17(26-5)15(3)18(11-16)27-6/h7-11H,12H2,1-6H3,(H,22,24). The molecule has 0 spiro atoms. The SMILES string of the molecule is COc1cc(C(=O)N(C)CC(=O)Nc2c(C)cccc2C)cc(OC)c1C. The molecule has 1 N–H and O–H groups in total. The Hall–Kier alpha value is -3.02. The number of amides is 2. The summed E-state index contributed by atoms with van der Waals surface area (Å²) in [6.45, 7) is 5.66. The highest BCUT2D eigenvalue weighted by Gasteiger charge is 2.19. The molecule has 2 aromatic rings. The van der Waals surface area contributed by atoms with Crippen LogP contribution >= 0.6 is 0 Å². The lowest BCUT2D eigenvalue weighted by Crippen LogP contribution is -2.35. The van der Waals surface area contributed by atoms with Crippen molar-refractivity contribution < 1.29 is 19.1 Å². The zero-order chi connectivity index (χ0) is 20.1. The van der Waals surface area contributed by atoms with Crippen molar-refractivity contribution in [2.45, 2.75) is 20.8 Å². The Morgan fingerprint density at radius 2 is 1.52 bits per heavy atom. The predicted molar refractivity (Wildman–Crippen MR) is 106 cm³/mol. The lowest BCUT2D eigenvalue weighted by Gasteiger charge is -2.19. The molecule has 2 amide bonds. The van der Waals surface area contributed by atoms with E-state index < -0.39 is 0 Å². The van der Waals surface area contributed by atoms with Crippen molar-refractivity contribution in [3.05, 3.63) is 52.6 Å². The second kappa shape index (κ2) is 8.58. The lowest BCUT2D eigenvalue weighted by molar-refractivity contribution is -0.116. The first kappa shape index (κ1) is 20.3. The normalized spacial score (nSPS) is 10.3. The third-order valence-corrected chi connectivity index (χ3v) is 4.47. The Labute approximate surface area is 160 Å². The first-order valence-corrected chi connectivity index (χ1v) is 8.62. The molecule has 0 saturated heterocycles. The zero-order valence-corrected chi connectivity index (χ0v) is 16.7. The fourth-order valence-corrected chi connectivity index (χ4v) is 2.91. The number of ether oxygens (including phenoxy) is 2. The maximum atomic E-state index is 12.7. The molecule has 0 saturated carbocycles. The molecule has 0 fully saturated rings. The number of methoxy groups -OCH3 is 2. The van der Waals surface area contributed by atoms with Gasteiger partial charge in [0.1, 0.15) is 11.5 Å². The van der Waals surface area contributed by atoms with Crippen LogP contribution in [-0.2, 0) is 4.79 Å². The Kier molecular flexibility index (Phi) is 6.45. The van der Waals surface area contributed by atoms with Crippen molar-refractivity contribution in [3.63, 3.8) is 0 Å². The van der Waals surface area contributed by atoms with E-state index in [0.717, 1.165) is 22.4 Å². The molecule has 27 heavy (non-hydrogen) atoms. The molecular weight excluding hydrogens is 344 g/mol. The predicted octanol–water partition coefficient (Wildman–Crippen LogP) is 3.34. The highest BCUT2D eigenvalue weighted by Crippen LogP contribution is 2.30. The van der Waals surface area contributed by atoms with Crippen molar-refractivity contribution in [3.8, 4) is 11.5 Å². The second-order valence-corrected chi connectivity index (χ2v) is 6.48. The van der Waals surface area contributed by atoms with Gasteiger partial charge in [0.05, 0.1) is 20.8 Å². The van der Waals surface area contributed by atoms with Crippen molar-refractivity contribution in [1.29, 1.82) is 0 Å². The van der Waals surface area contributed by atoms with Crippen LogP contribution in [0.4, 0.5) is 5.69 Å². The van der Waals surface area contributed by atoms with E-state index in [1.54, 1.807) is 19.2 Å². The summed E-state index contributed by atoms with van der Waals surface area (Å²) in [5.74, 6) is 0.578. The van der Waals surface area contributed by atoms with Gasteiger partial charge in [-0.25, -0.2) is 0 Å². The van der Waals surface area contributed by atoms with Gasteiger partial charge in [0.2, 0.25) is 5.91 Å². The number of hydrogen-bond donors (Lipinski definition) is 1. The van der Waals surface area contributed by atoms with Gasteiger partial charge in [0.15, 0.2) is 0 Å². The maximum absolute atomic E-state index is 12.7. The Balaban J connectivity index is 2.15. The minimum Gasteiger partial charge on any atom is -0.496 e. The van der Waals surface area contributed by atoms with E-state index in [0.29, 0.717) is 17.1 Å². The van der Waals surface area contributed by atoms with E-state index >= 15 is 0 Å². The van der Waals surface area contributed by atoms with Crippen molar-refractivity contribution in [2.24, 2.45) is 0 Å². The van der Waals surface area contributed by atoms with Gasteiger partial charge in [-0.3, -0.25) is 9.59 Å². The van der Waals surface area contributed by atoms with Crippen LogP contribution in [-0.4, -0.2) is 44.5 Å². The van der Waals surface area contributed by atoms with Crippen LogP contribution in [0.3, 0.4) is 0 Å². The van der Waals surface area contributed by atoms with E-state index in [1.807, 2.05) is 39.0 Å². The number of nitrogens with one attached hydrogen (secondary N) is 1. The summed E-state index contributed by atoms with van der Waals surface area (Å²) in [5.41, 5.74) is 3.95. The number of carbonyl (C=O) groups excluding carboxylic acids is 2. The minimum atomic E-state index is -0.289. The van der Waals surface area contributed by atoms with E-state index in [1.165, 1.54) is 19.1 Å². The number of rotatable bonds is 6. The number of nitrogens with zero attached hydrogens (tertiary/aromatic N) is 1. The first-order valence-electron chi connectivity index (χ1n) is 8.62. The van der Waals surface area contributed by atoms with Gasteiger partial charge in [-0.15, -0.1) is 0 Å². The molecule has 2 aromatic carbocycles. The van der Waals surface area contributed by atoms with Gasteiger partial charge >= 0.3 is 0 Å². The quantitative estimate of drug-likeness (QED) is 0.847. The Morgan fingerprint density at radius 1 is 1.00 bits per heavy atom. The monoisotopic (exact) mass is 370 g/mol. The van der Waals surface area contributed by atoms with E-state index in [-0.39, 0.29) is 18.4 Å². The summed E-state index contributed by atoms with van der Waals surface area (Å²) in [4.78, 5) is 26.5. The second-order valence-electron chi connectivity index (χ2n) is 6.48. The minimum absolute atomic E-state index is 0.0644. The van der Waals surface area contributed by atoms with Crippen LogP contribution < -0.4 is 14.8 Å². The van der Waals surface area contributed by atoms with Gasteiger partial charge in [-0.2, -0.15) is 0 Å². The van der Waals surface area contributed by atoms with Crippen LogP contribution in [0.15, 0.2) is 30.3 Å². The van der Waals surface area contributed by atoms with Crippen LogP contribution in [0, 0.1) is 20.8 Å². The molecule has 6 nitrogen and oxygen atoms in total. The number of benzene rings is 2. The summed E-state index contributed by atoms with van der Waals surface area (Å²) in [6, 6.07) is 9.11. The van der Waals surface area contributed by atoms with Crippen LogP contribution in [0.1, 0.15) is 27.0 Å². The molecule has 2 rings (SSSR count). The number of anilines is 1. The van der Waals surface area contributed by atoms with E-state index in [4.69, 9.17) is 9.47 Å². The average Bonchev–Trinajstić information content (AvgIpc) is 2.64. The topological polar surface area (TPSA) is 67.9 Å². The van der Waals surface area contributed by atoms with Gasteiger partial charge in [-0.05, 0) is 44.0 Å². The van der Waals surface area contributed by atoms with Gasteiger partial charge in [0.25, 0.3) is 5.91 Å². The maximum Gasteiger partial charge on any atom is 0.254 e. The van der Waals surface area contributed by atoms with Crippen LogP contribution in [0.5, 0.6) is 11.5 Å². The summed E-state index contributed by atoms with van der Waals surface area (Å²) in [5, 5.41) is 2.89. The lowest BCUT2D eigenvalue weighted by atomic mass is 10.1. The molecule has 0 aliphatic heterocycles. The molecule has 0 radical (unpaired) electrons. The van der Waals surface area contributed by atoms with E-state index in [9.17, 15) is 9.59 Å². The molecule has 144 valence electrons. The van der Waals surface area contributed by atoms with Gasteiger partial charge < -0.3 is 19.7 Å². The van der Waals surface area contributed by atoms with Crippen molar-refractivity contribution in [2.75, 3.05) is 33.1 Å². The van der Waals surface area contributed by atoms with Crippen molar-refractivity contribution >= 4 is 17.5 Å². The zero-order valence-electron chi connectivity index (χ0n) is 16.7. The fourth-order valence-electron chi connectivity index (χ4n) is 2.91. The summed E-state index contributed by atoms with van der Waals surface area (Å²) in [6.07, 6.45) is 0. The molecule has 0 atom stereocenters. The highest BCUT2D eigenvalue weighted by atomic mass is 16.5. The van der Waals surface area contributed by atoms with Crippen LogP contribution in [0.2, 0.25) is 0 Å². The molecule has 0 aliphatic rings. The molecule has 0 unspecified atom stereocenters. The average molecular weight is 370 g/mol. The molecule has 6 heteroatoms. The summed E-state index contributed by atoms with van der Waals surface area (Å²) in [7, 11) is 4.67. The molecule has 0 aromatic heterocycles.